The summed E-state index contributed by atoms with van der Waals surface area (Å²) in [5.41, 5.74) is 6.44. The lowest BCUT2D eigenvalue weighted by molar-refractivity contribution is 0.0735. The molecule has 1 saturated heterocycles. The summed E-state index contributed by atoms with van der Waals surface area (Å²) in [4.78, 5) is 12.4. The first-order valence-corrected chi connectivity index (χ1v) is 8.92. The van der Waals surface area contributed by atoms with Gasteiger partial charge in [-0.15, -0.1) is 0 Å². The van der Waals surface area contributed by atoms with Crippen molar-refractivity contribution in [3.63, 3.8) is 0 Å². The van der Waals surface area contributed by atoms with E-state index in [4.69, 9.17) is 4.74 Å². The maximum atomic E-state index is 12.4. The Hall–Kier alpha value is -2.91. The normalized spacial score (nSPS) is 13.1. The average Bonchev–Trinajstić information content (AvgIpc) is 3.55. The molecule has 0 unspecified atom stereocenters. The maximum Gasteiger partial charge on any atom is 0.343 e. The molecule has 3 aromatic carbocycles. The van der Waals surface area contributed by atoms with E-state index in [1.807, 2.05) is 30.3 Å². The lowest BCUT2D eigenvalue weighted by atomic mass is 9.95. The molecule has 130 valence electrons. The summed E-state index contributed by atoms with van der Waals surface area (Å²) in [6.07, 6.45) is 0.869. The second kappa shape index (κ2) is 7.14. The molecule has 26 heavy (non-hydrogen) atoms. The smallest absolute Gasteiger partial charge is 0.343 e. The van der Waals surface area contributed by atoms with Crippen LogP contribution in [0.1, 0.15) is 27.0 Å². The molecule has 0 saturated carbocycles. The molecule has 6 rings (SSSR count). The Morgan fingerprint density at radius 2 is 1.62 bits per heavy atom. The minimum Gasteiger partial charge on any atom is -0.422 e. The van der Waals surface area contributed by atoms with E-state index in [9.17, 15) is 4.79 Å². The molecule has 1 heterocycles. The number of esters is 1. The highest BCUT2D eigenvalue weighted by atomic mass is 16.5. The first kappa shape index (κ1) is 16.6. The van der Waals surface area contributed by atoms with Gasteiger partial charge in [-0.3, -0.25) is 0 Å². The summed E-state index contributed by atoms with van der Waals surface area (Å²) in [5.74, 6) is 0.309. The van der Waals surface area contributed by atoms with Crippen molar-refractivity contribution in [1.82, 2.24) is 5.32 Å². The van der Waals surface area contributed by atoms with Gasteiger partial charge in [0, 0.05) is 18.7 Å². The molecule has 0 amide bonds. The van der Waals surface area contributed by atoms with Crippen molar-refractivity contribution in [3.8, 4) is 16.9 Å². The first-order chi connectivity index (χ1) is 12.7. The number of rotatable bonds is 2. The van der Waals surface area contributed by atoms with Crippen molar-refractivity contribution in [2.75, 3.05) is 13.1 Å². The van der Waals surface area contributed by atoms with Crippen molar-refractivity contribution < 1.29 is 9.53 Å². The Kier molecular flexibility index (Phi) is 4.55. The van der Waals surface area contributed by atoms with Crippen molar-refractivity contribution in [3.05, 3.63) is 89.0 Å². The van der Waals surface area contributed by atoms with Crippen molar-refractivity contribution >= 4 is 5.97 Å². The molecule has 0 radical (unpaired) electrons. The monoisotopic (exact) mass is 343 g/mol. The van der Waals surface area contributed by atoms with Crippen LogP contribution in [0.5, 0.6) is 5.75 Å². The predicted octanol–water partition coefficient (Wildman–Crippen LogP) is 4.38. The lowest BCUT2D eigenvalue weighted by Crippen LogP contribution is -2.09. The standard InChI is InChI=1S/C21H16O2.C2H5N/c1-14-7-12-19(23-21(22)17-5-3-2-4-6-17)20-16-10-8-15(9-11-16)13-18(14)20;1-2-3-1/h2-12H,13H2,1H3;3H,1-2H2. The van der Waals surface area contributed by atoms with E-state index in [1.165, 1.54) is 29.8 Å². The molecule has 1 aliphatic heterocycles. The molecule has 2 aliphatic carbocycles. The SMILES string of the molecule is C1CN1.Cc1ccc(OC(=O)c2ccccc2)c2c1Cc1ccc-2cc1. The summed E-state index contributed by atoms with van der Waals surface area (Å²) >= 11 is 0. The van der Waals surface area contributed by atoms with E-state index in [0.29, 0.717) is 11.3 Å². The van der Waals surface area contributed by atoms with Gasteiger partial charge in [-0.2, -0.15) is 0 Å². The van der Waals surface area contributed by atoms with Crippen LogP contribution in [0, 0.1) is 6.92 Å². The van der Waals surface area contributed by atoms with Gasteiger partial charge in [-0.1, -0.05) is 48.5 Å². The van der Waals surface area contributed by atoms with Crippen LogP contribution in [0.3, 0.4) is 0 Å². The molecule has 3 heteroatoms. The molecule has 3 aliphatic rings. The van der Waals surface area contributed by atoms with Gasteiger partial charge in [0.1, 0.15) is 5.75 Å². The summed E-state index contributed by atoms with van der Waals surface area (Å²) in [5, 5.41) is 3.00. The second-order valence-electron chi connectivity index (χ2n) is 6.61. The molecule has 3 nitrogen and oxygen atoms in total. The lowest BCUT2D eigenvalue weighted by Gasteiger charge is -2.15. The molecule has 0 atom stereocenters. The molecule has 2 bridgehead atoms. The third-order valence-electron chi connectivity index (χ3n) is 4.59. The zero-order chi connectivity index (χ0) is 17.9. The molecule has 1 N–H and O–H groups in total. The predicted molar refractivity (Wildman–Crippen MR) is 104 cm³/mol. The number of benzene rings is 3. The average molecular weight is 343 g/mol. The fourth-order valence-corrected chi connectivity index (χ4v) is 3.09. The van der Waals surface area contributed by atoms with Gasteiger partial charge in [0.15, 0.2) is 0 Å². The largest absolute Gasteiger partial charge is 0.422 e. The Morgan fingerprint density at radius 1 is 0.923 bits per heavy atom. The third kappa shape index (κ3) is 3.53. The molecular weight excluding hydrogens is 322 g/mol. The summed E-state index contributed by atoms with van der Waals surface area (Å²) in [6, 6.07) is 21.5. The first-order valence-electron chi connectivity index (χ1n) is 8.92. The summed E-state index contributed by atoms with van der Waals surface area (Å²) in [6.45, 7) is 4.60. The number of carbonyl (C=O) groups excluding carboxylic acids is 1. The minimum atomic E-state index is -0.323. The van der Waals surface area contributed by atoms with Gasteiger partial charge < -0.3 is 10.1 Å². The Labute approximate surface area is 153 Å². The number of ether oxygens (including phenoxy) is 1. The zero-order valence-corrected chi connectivity index (χ0v) is 14.8. The molecule has 0 spiro atoms. The Bertz CT molecular complexity index is 926. The van der Waals surface area contributed by atoms with E-state index in [0.717, 1.165) is 17.5 Å². The topological polar surface area (TPSA) is 48.2 Å². The third-order valence-corrected chi connectivity index (χ3v) is 4.59. The van der Waals surface area contributed by atoms with Crippen molar-refractivity contribution in [2.24, 2.45) is 0 Å². The van der Waals surface area contributed by atoms with E-state index < -0.39 is 0 Å². The highest BCUT2D eigenvalue weighted by Crippen LogP contribution is 2.39. The van der Waals surface area contributed by atoms with E-state index in [1.54, 1.807) is 12.1 Å². The number of nitrogens with one attached hydrogen (secondary N) is 1. The number of fused-ring (bicyclic) bond motifs is 2. The van der Waals surface area contributed by atoms with Crippen molar-refractivity contribution in [2.45, 2.75) is 13.3 Å². The van der Waals surface area contributed by atoms with Crippen LogP contribution < -0.4 is 10.1 Å². The van der Waals surface area contributed by atoms with Gasteiger partial charge >= 0.3 is 5.97 Å². The van der Waals surface area contributed by atoms with Gasteiger partial charge in [0.2, 0.25) is 0 Å². The summed E-state index contributed by atoms with van der Waals surface area (Å²) < 4.78 is 5.72. The minimum absolute atomic E-state index is 0.323. The highest BCUT2D eigenvalue weighted by Gasteiger charge is 2.20. The molecular formula is C23H21NO2. The number of hydrogen-bond donors (Lipinski definition) is 1. The number of aryl methyl sites for hydroxylation is 1. The maximum absolute atomic E-state index is 12.4. The van der Waals surface area contributed by atoms with Crippen molar-refractivity contribution in [1.29, 1.82) is 0 Å². The van der Waals surface area contributed by atoms with Gasteiger partial charge in [0.05, 0.1) is 5.56 Å². The second-order valence-corrected chi connectivity index (χ2v) is 6.61. The van der Waals surface area contributed by atoms with E-state index in [-0.39, 0.29) is 5.97 Å². The highest BCUT2D eigenvalue weighted by molar-refractivity contribution is 5.92. The summed E-state index contributed by atoms with van der Waals surface area (Å²) in [7, 11) is 0. The van der Waals surface area contributed by atoms with Crippen LogP contribution in [0.2, 0.25) is 0 Å². The molecule has 0 aromatic heterocycles. The fraction of sp³-hybridized carbons (Fsp3) is 0.174. The quantitative estimate of drug-likeness (QED) is 0.334. The number of carbonyl (C=O) groups is 1. The molecule has 1 fully saturated rings. The molecule has 3 aromatic rings. The Balaban J connectivity index is 0.000000510. The van der Waals surface area contributed by atoms with Gasteiger partial charge in [0.25, 0.3) is 0 Å². The van der Waals surface area contributed by atoms with Crippen LogP contribution in [0.25, 0.3) is 11.1 Å². The van der Waals surface area contributed by atoms with Crippen LogP contribution >= 0.6 is 0 Å². The van der Waals surface area contributed by atoms with Gasteiger partial charge in [-0.25, -0.2) is 4.79 Å². The van der Waals surface area contributed by atoms with Crippen LogP contribution in [0.15, 0.2) is 66.7 Å². The van der Waals surface area contributed by atoms with Crippen LogP contribution in [-0.4, -0.2) is 19.1 Å². The fourth-order valence-electron chi connectivity index (χ4n) is 3.09. The van der Waals surface area contributed by atoms with Gasteiger partial charge in [-0.05, 0) is 53.8 Å². The zero-order valence-electron chi connectivity index (χ0n) is 14.8. The van der Waals surface area contributed by atoms with E-state index in [2.05, 4.69) is 36.5 Å². The van der Waals surface area contributed by atoms with E-state index >= 15 is 0 Å². The van der Waals surface area contributed by atoms with Crippen LogP contribution in [0.4, 0.5) is 0 Å². The van der Waals surface area contributed by atoms with Crippen LogP contribution in [-0.2, 0) is 6.42 Å². The number of hydrogen-bond acceptors (Lipinski definition) is 3. The Morgan fingerprint density at radius 3 is 2.27 bits per heavy atom.